The maximum Gasteiger partial charge on any atom is 0.274 e. The Labute approximate surface area is 157 Å². The fourth-order valence-corrected chi connectivity index (χ4v) is 2.78. The number of ether oxygens (including phenoxy) is 1. The van der Waals surface area contributed by atoms with Crippen LogP contribution in [0.2, 0.25) is 0 Å². The van der Waals surface area contributed by atoms with Crippen LogP contribution in [0.4, 0.5) is 0 Å². The van der Waals surface area contributed by atoms with Crippen LogP contribution in [0.15, 0.2) is 42.6 Å². The number of hydrogen-bond donors (Lipinski definition) is 0. The quantitative estimate of drug-likeness (QED) is 0.666. The van der Waals surface area contributed by atoms with Crippen LogP contribution in [0.1, 0.15) is 31.3 Å². The minimum Gasteiger partial charge on any atom is -0.480 e. The van der Waals surface area contributed by atoms with Crippen LogP contribution in [-0.2, 0) is 0 Å². The third-order valence-corrected chi connectivity index (χ3v) is 4.13. The Hall–Kier alpha value is -3.29. The molecule has 0 aliphatic heterocycles. The van der Waals surface area contributed by atoms with Crippen molar-refractivity contribution in [3.8, 4) is 23.1 Å². The number of aromatic nitrogens is 5. The smallest absolute Gasteiger partial charge is 0.274 e. The van der Waals surface area contributed by atoms with Crippen molar-refractivity contribution in [2.24, 2.45) is 0 Å². The summed E-state index contributed by atoms with van der Waals surface area (Å²) in [6.45, 7) is 6.51. The average molecular weight is 366 g/mol. The summed E-state index contributed by atoms with van der Waals surface area (Å²) in [5.41, 5.74) is 1.69. The zero-order chi connectivity index (χ0) is 19.4. The second kappa shape index (κ2) is 7.94. The fourth-order valence-electron chi connectivity index (χ4n) is 2.78. The van der Waals surface area contributed by atoms with E-state index in [1.807, 2.05) is 39.0 Å². The van der Waals surface area contributed by atoms with Crippen molar-refractivity contribution in [2.75, 3.05) is 13.7 Å². The van der Waals surface area contributed by atoms with Gasteiger partial charge in [0.25, 0.3) is 5.91 Å². The van der Waals surface area contributed by atoms with Crippen molar-refractivity contribution in [3.63, 3.8) is 0 Å². The van der Waals surface area contributed by atoms with Gasteiger partial charge in [0.05, 0.1) is 18.5 Å². The molecule has 0 unspecified atom stereocenters. The number of carbonyl (C=O) groups excluding carboxylic acids is 1. The first-order chi connectivity index (χ1) is 13.0. The van der Waals surface area contributed by atoms with Crippen LogP contribution >= 0.6 is 0 Å². The Bertz CT molecular complexity index is 906. The van der Waals surface area contributed by atoms with Crippen molar-refractivity contribution in [1.82, 2.24) is 29.9 Å². The molecule has 8 heteroatoms. The van der Waals surface area contributed by atoms with Gasteiger partial charge >= 0.3 is 0 Å². The molecule has 0 fully saturated rings. The topological polar surface area (TPSA) is 86.0 Å². The molecule has 0 atom stereocenters. The summed E-state index contributed by atoms with van der Waals surface area (Å²) in [7, 11) is 1.53. The molecule has 0 bridgehead atoms. The summed E-state index contributed by atoms with van der Waals surface area (Å²) in [6, 6.07) is 10.8. The average Bonchev–Trinajstić information content (AvgIpc) is 3.14. The number of methoxy groups -OCH3 is 1. The molecule has 3 rings (SSSR count). The molecular weight excluding hydrogens is 344 g/mol. The van der Waals surface area contributed by atoms with Crippen molar-refractivity contribution < 1.29 is 9.53 Å². The van der Waals surface area contributed by atoms with E-state index in [0.29, 0.717) is 35.3 Å². The summed E-state index contributed by atoms with van der Waals surface area (Å²) in [6.07, 6.45) is 1.69. The van der Waals surface area contributed by atoms with E-state index in [-0.39, 0.29) is 11.9 Å². The van der Waals surface area contributed by atoms with Crippen LogP contribution in [0.5, 0.6) is 5.88 Å². The number of hydrogen-bond acceptors (Lipinski definition) is 6. The van der Waals surface area contributed by atoms with Crippen LogP contribution in [0.25, 0.3) is 17.2 Å². The summed E-state index contributed by atoms with van der Waals surface area (Å²) in [5.74, 6) is 0.742. The first kappa shape index (κ1) is 18.5. The Morgan fingerprint density at radius 2 is 2.04 bits per heavy atom. The molecule has 0 aromatic carbocycles. The van der Waals surface area contributed by atoms with Gasteiger partial charge in [0.2, 0.25) is 5.88 Å². The van der Waals surface area contributed by atoms with Gasteiger partial charge in [-0.25, -0.2) is 4.68 Å². The van der Waals surface area contributed by atoms with Crippen molar-refractivity contribution in [1.29, 1.82) is 0 Å². The number of amides is 1. The van der Waals surface area contributed by atoms with E-state index < -0.39 is 0 Å². The number of pyridine rings is 1. The van der Waals surface area contributed by atoms with Crippen molar-refractivity contribution in [3.05, 3.63) is 48.3 Å². The minimum absolute atomic E-state index is 0.0757. The predicted molar refractivity (Wildman–Crippen MR) is 101 cm³/mol. The summed E-state index contributed by atoms with van der Waals surface area (Å²) in [4.78, 5) is 19.1. The van der Waals surface area contributed by atoms with E-state index in [0.717, 1.165) is 0 Å². The second-order valence-electron chi connectivity index (χ2n) is 6.16. The molecule has 140 valence electrons. The normalized spacial score (nSPS) is 10.9. The van der Waals surface area contributed by atoms with Gasteiger partial charge in [0.15, 0.2) is 11.5 Å². The monoisotopic (exact) mass is 366 g/mol. The molecule has 3 aromatic heterocycles. The summed E-state index contributed by atoms with van der Waals surface area (Å²) >= 11 is 0. The van der Waals surface area contributed by atoms with E-state index in [1.165, 1.54) is 7.11 Å². The summed E-state index contributed by atoms with van der Waals surface area (Å²) in [5, 5.41) is 12.7. The van der Waals surface area contributed by atoms with Gasteiger partial charge in [-0.2, -0.15) is 5.10 Å². The van der Waals surface area contributed by atoms with Crippen LogP contribution in [0.3, 0.4) is 0 Å². The third-order valence-electron chi connectivity index (χ3n) is 4.13. The molecule has 0 radical (unpaired) electrons. The van der Waals surface area contributed by atoms with E-state index in [1.54, 1.807) is 34.0 Å². The third kappa shape index (κ3) is 3.79. The van der Waals surface area contributed by atoms with Crippen LogP contribution < -0.4 is 4.74 Å². The predicted octanol–water partition coefficient (Wildman–Crippen LogP) is 2.60. The van der Waals surface area contributed by atoms with E-state index >= 15 is 0 Å². The van der Waals surface area contributed by atoms with Crippen molar-refractivity contribution in [2.45, 2.75) is 26.8 Å². The molecule has 0 spiro atoms. The van der Waals surface area contributed by atoms with Gasteiger partial charge in [-0.1, -0.05) is 6.07 Å². The van der Waals surface area contributed by atoms with Crippen molar-refractivity contribution >= 4 is 5.91 Å². The molecule has 0 aliphatic rings. The van der Waals surface area contributed by atoms with Gasteiger partial charge in [-0.15, -0.1) is 10.2 Å². The van der Waals surface area contributed by atoms with Gasteiger partial charge in [0, 0.05) is 24.8 Å². The Balaban J connectivity index is 2.10. The van der Waals surface area contributed by atoms with Gasteiger partial charge in [-0.05, 0) is 45.0 Å². The molecule has 1 amide bonds. The maximum atomic E-state index is 12.9. The zero-order valence-electron chi connectivity index (χ0n) is 15.8. The molecular formula is C19H22N6O2. The maximum absolute atomic E-state index is 12.9. The number of carbonyl (C=O) groups is 1. The molecule has 3 aromatic rings. The van der Waals surface area contributed by atoms with Crippen LogP contribution in [-0.4, -0.2) is 55.5 Å². The minimum atomic E-state index is -0.134. The van der Waals surface area contributed by atoms with Crippen LogP contribution in [0, 0.1) is 0 Å². The van der Waals surface area contributed by atoms with Gasteiger partial charge < -0.3 is 9.64 Å². The zero-order valence-corrected chi connectivity index (χ0v) is 15.8. The van der Waals surface area contributed by atoms with E-state index in [9.17, 15) is 4.79 Å². The highest BCUT2D eigenvalue weighted by Gasteiger charge is 2.23. The highest BCUT2D eigenvalue weighted by Crippen LogP contribution is 2.23. The van der Waals surface area contributed by atoms with Gasteiger partial charge in [-0.3, -0.25) is 9.78 Å². The lowest BCUT2D eigenvalue weighted by Crippen LogP contribution is -2.37. The summed E-state index contributed by atoms with van der Waals surface area (Å²) < 4.78 is 6.64. The highest BCUT2D eigenvalue weighted by molar-refractivity contribution is 5.93. The number of nitrogens with zero attached hydrogens (tertiary/aromatic N) is 6. The SMILES string of the molecule is CCN(C(=O)c1cc(-c2ccccn2)n(-c2ccc(OC)nn2)n1)C(C)C. The lowest BCUT2D eigenvalue weighted by molar-refractivity contribution is 0.0710. The van der Waals surface area contributed by atoms with E-state index in [2.05, 4.69) is 20.3 Å². The number of rotatable bonds is 6. The molecule has 0 N–H and O–H groups in total. The Kier molecular flexibility index (Phi) is 5.44. The highest BCUT2D eigenvalue weighted by atomic mass is 16.5. The molecule has 0 aliphatic carbocycles. The fraction of sp³-hybridized carbons (Fsp3) is 0.316. The lowest BCUT2D eigenvalue weighted by Gasteiger charge is -2.23. The first-order valence-corrected chi connectivity index (χ1v) is 8.75. The molecule has 27 heavy (non-hydrogen) atoms. The molecule has 8 nitrogen and oxygen atoms in total. The first-order valence-electron chi connectivity index (χ1n) is 8.75. The second-order valence-corrected chi connectivity index (χ2v) is 6.16. The van der Waals surface area contributed by atoms with Gasteiger partial charge in [0.1, 0.15) is 0 Å². The Morgan fingerprint density at radius 3 is 2.59 bits per heavy atom. The Morgan fingerprint density at radius 1 is 1.22 bits per heavy atom. The lowest BCUT2D eigenvalue weighted by atomic mass is 10.2. The molecule has 0 saturated heterocycles. The largest absolute Gasteiger partial charge is 0.480 e. The molecule has 3 heterocycles. The standard InChI is InChI=1S/C19H22N6O2/c1-5-24(13(2)3)19(26)15-12-16(14-8-6-7-11-20-14)25(23-15)17-9-10-18(27-4)22-21-17/h6-13H,5H2,1-4H3. The molecule has 0 saturated carbocycles. The van der Waals surface area contributed by atoms with E-state index in [4.69, 9.17) is 4.74 Å².